The second kappa shape index (κ2) is 7.57. The van der Waals surface area contributed by atoms with E-state index in [4.69, 9.17) is 4.52 Å². The molecule has 2 N–H and O–H groups in total. The maximum Gasteiger partial charge on any atom is 0.230 e. The maximum absolute atomic E-state index is 12.0. The Labute approximate surface area is 145 Å². The summed E-state index contributed by atoms with van der Waals surface area (Å²) in [7, 11) is 0. The van der Waals surface area contributed by atoms with Gasteiger partial charge in [0.15, 0.2) is 0 Å². The van der Waals surface area contributed by atoms with Gasteiger partial charge in [-0.3, -0.25) is 4.79 Å². The molecule has 0 saturated heterocycles. The molecule has 2 heterocycles. The third kappa shape index (κ3) is 3.82. The molecular weight excluding hydrogens is 322 g/mol. The smallest absolute Gasteiger partial charge is 0.230 e. The molecule has 3 rings (SSSR count). The number of fused-ring (bicyclic) bond motifs is 1. The number of hydrogen-bond donors (Lipinski definition) is 2. The molecule has 1 amide bonds. The predicted octanol–water partition coefficient (Wildman–Crippen LogP) is 3.36. The highest BCUT2D eigenvalue weighted by atomic mass is 32.2. The zero-order valence-corrected chi connectivity index (χ0v) is 14.7. The van der Waals surface area contributed by atoms with Gasteiger partial charge in [-0.1, -0.05) is 23.4 Å². The molecule has 0 fully saturated rings. The predicted molar refractivity (Wildman–Crippen MR) is 97.2 cm³/mol. The van der Waals surface area contributed by atoms with Crippen molar-refractivity contribution in [3.05, 3.63) is 53.0 Å². The third-order valence-corrected chi connectivity index (χ3v) is 5.01. The van der Waals surface area contributed by atoms with E-state index in [0.29, 0.717) is 12.3 Å². The standard InChI is InChI=1S/C18H21N3O2S/c1-12-16(13(2)23-21-12)10-24-11-18(22)19-8-7-14-9-20-17-6-4-3-5-15(14)17/h3-6,9,20H,7-8,10-11H2,1-2H3,(H,19,22). The van der Waals surface area contributed by atoms with Gasteiger partial charge in [-0.25, -0.2) is 0 Å². The number of thioether (sulfide) groups is 1. The quantitative estimate of drug-likeness (QED) is 0.690. The maximum atomic E-state index is 12.0. The average molecular weight is 343 g/mol. The highest BCUT2D eigenvalue weighted by Crippen LogP contribution is 2.19. The van der Waals surface area contributed by atoms with Crippen molar-refractivity contribution in [1.29, 1.82) is 0 Å². The number of carbonyl (C=O) groups excluding carboxylic acids is 1. The van der Waals surface area contributed by atoms with Gasteiger partial charge in [0, 0.05) is 35.0 Å². The largest absolute Gasteiger partial charge is 0.361 e. The van der Waals surface area contributed by atoms with Gasteiger partial charge in [0.1, 0.15) is 5.76 Å². The number of aromatic nitrogens is 2. The van der Waals surface area contributed by atoms with E-state index in [1.54, 1.807) is 11.8 Å². The van der Waals surface area contributed by atoms with Crippen LogP contribution in [0.25, 0.3) is 10.9 Å². The minimum absolute atomic E-state index is 0.0617. The van der Waals surface area contributed by atoms with Crippen LogP contribution in [0.15, 0.2) is 35.0 Å². The minimum atomic E-state index is 0.0617. The van der Waals surface area contributed by atoms with Crippen LogP contribution in [0.4, 0.5) is 0 Å². The van der Waals surface area contributed by atoms with Crippen LogP contribution in [0.3, 0.4) is 0 Å². The fourth-order valence-corrected chi connectivity index (χ4v) is 3.69. The van der Waals surface area contributed by atoms with Crippen molar-refractivity contribution in [2.24, 2.45) is 0 Å². The molecule has 0 bridgehead atoms. The van der Waals surface area contributed by atoms with E-state index in [1.807, 2.05) is 32.2 Å². The van der Waals surface area contributed by atoms with Crippen molar-refractivity contribution in [3.8, 4) is 0 Å². The van der Waals surface area contributed by atoms with Crippen LogP contribution in [-0.2, 0) is 17.0 Å². The molecule has 1 aromatic carbocycles. The van der Waals surface area contributed by atoms with E-state index >= 15 is 0 Å². The summed E-state index contributed by atoms with van der Waals surface area (Å²) in [6, 6.07) is 8.20. The molecule has 0 spiro atoms. The van der Waals surface area contributed by atoms with Gasteiger partial charge in [-0.2, -0.15) is 0 Å². The fraction of sp³-hybridized carbons (Fsp3) is 0.333. The number of carbonyl (C=O) groups is 1. The summed E-state index contributed by atoms with van der Waals surface area (Å²) in [4.78, 5) is 15.2. The second-order valence-corrected chi connectivity index (χ2v) is 6.74. The number of amides is 1. The van der Waals surface area contributed by atoms with Gasteiger partial charge in [0.25, 0.3) is 0 Å². The van der Waals surface area contributed by atoms with Crippen LogP contribution in [0.2, 0.25) is 0 Å². The zero-order valence-electron chi connectivity index (χ0n) is 13.9. The summed E-state index contributed by atoms with van der Waals surface area (Å²) in [6.45, 7) is 4.47. The van der Waals surface area contributed by atoms with Crippen molar-refractivity contribution >= 4 is 28.6 Å². The number of rotatable bonds is 7. The summed E-state index contributed by atoms with van der Waals surface area (Å²) < 4.78 is 5.13. The first-order valence-corrected chi connectivity index (χ1v) is 9.12. The number of para-hydroxylation sites is 1. The van der Waals surface area contributed by atoms with E-state index in [1.165, 1.54) is 10.9 Å². The van der Waals surface area contributed by atoms with Crippen LogP contribution < -0.4 is 5.32 Å². The molecule has 0 saturated carbocycles. The molecule has 24 heavy (non-hydrogen) atoms. The first-order valence-electron chi connectivity index (χ1n) is 7.96. The number of aryl methyl sites for hydroxylation is 2. The average Bonchev–Trinajstić information content (AvgIpc) is 3.13. The van der Waals surface area contributed by atoms with E-state index in [0.717, 1.165) is 34.7 Å². The molecular formula is C18H21N3O2S. The Kier molecular flexibility index (Phi) is 5.25. The van der Waals surface area contributed by atoms with Gasteiger partial charge >= 0.3 is 0 Å². The lowest BCUT2D eigenvalue weighted by atomic mass is 10.1. The first-order chi connectivity index (χ1) is 11.6. The summed E-state index contributed by atoms with van der Waals surface area (Å²) in [5.41, 5.74) is 4.36. The second-order valence-electron chi connectivity index (χ2n) is 5.75. The van der Waals surface area contributed by atoms with Gasteiger partial charge in [-0.05, 0) is 31.9 Å². The first kappa shape index (κ1) is 16.6. The van der Waals surface area contributed by atoms with Crippen molar-refractivity contribution in [2.45, 2.75) is 26.0 Å². The lowest BCUT2D eigenvalue weighted by Crippen LogP contribution is -2.27. The Balaban J connectivity index is 1.41. The highest BCUT2D eigenvalue weighted by molar-refractivity contribution is 7.99. The molecule has 0 aliphatic heterocycles. The van der Waals surface area contributed by atoms with Crippen molar-refractivity contribution in [3.63, 3.8) is 0 Å². The van der Waals surface area contributed by atoms with Gasteiger partial charge < -0.3 is 14.8 Å². The van der Waals surface area contributed by atoms with Gasteiger partial charge in [0.2, 0.25) is 5.91 Å². The normalized spacial score (nSPS) is 11.1. The molecule has 0 radical (unpaired) electrons. The van der Waals surface area contributed by atoms with Crippen LogP contribution in [0.1, 0.15) is 22.6 Å². The van der Waals surface area contributed by atoms with Crippen LogP contribution in [0, 0.1) is 13.8 Å². The Morgan fingerprint density at radius 3 is 2.96 bits per heavy atom. The van der Waals surface area contributed by atoms with Crippen molar-refractivity contribution < 1.29 is 9.32 Å². The molecule has 0 aliphatic carbocycles. The lowest BCUT2D eigenvalue weighted by Gasteiger charge is -2.05. The number of benzene rings is 1. The third-order valence-electron chi connectivity index (χ3n) is 4.05. The Morgan fingerprint density at radius 1 is 1.33 bits per heavy atom. The molecule has 0 atom stereocenters. The van der Waals surface area contributed by atoms with E-state index in [9.17, 15) is 4.79 Å². The molecule has 3 aromatic rings. The Bertz CT molecular complexity index is 818. The number of nitrogens with zero attached hydrogens (tertiary/aromatic N) is 1. The zero-order chi connectivity index (χ0) is 16.9. The molecule has 6 heteroatoms. The van der Waals surface area contributed by atoms with Crippen LogP contribution >= 0.6 is 11.8 Å². The number of aromatic amines is 1. The van der Waals surface area contributed by atoms with Gasteiger partial charge in [-0.15, -0.1) is 11.8 Å². The topological polar surface area (TPSA) is 70.9 Å². The number of nitrogens with one attached hydrogen (secondary N) is 2. The molecule has 2 aromatic heterocycles. The summed E-state index contributed by atoms with van der Waals surface area (Å²) in [6.07, 6.45) is 2.84. The SMILES string of the molecule is Cc1noc(C)c1CSCC(=O)NCCc1c[nH]c2ccccc12. The van der Waals surface area contributed by atoms with E-state index < -0.39 is 0 Å². The lowest BCUT2D eigenvalue weighted by molar-refractivity contribution is -0.118. The fourth-order valence-electron chi connectivity index (χ4n) is 2.68. The summed E-state index contributed by atoms with van der Waals surface area (Å²) in [5, 5.41) is 8.13. The number of H-pyrrole nitrogens is 1. The van der Waals surface area contributed by atoms with Crippen molar-refractivity contribution in [2.75, 3.05) is 12.3 Å². The van der Waals surface area contributed by atoms with E-state index in [-0.39, 0.29) is 5.91 Å². The van der Waals surface area contributed by atoms with Crippen LogP contribution in [-0.4, -0.2) is 28.3 Å². The molecule has 126 valence electrons. The number of hydrogen-bond acceptors (Lipinski definition) is 4. The monoisotopic (exact) mass is 343 g/mol. The summed E-state index contributed by atoms with van der Waals surface area (Å²) in [5.74, 6) is 2.08. The van der Waals surface area contributed by atoms with E-state index in [2.05, 4.69) is 27.6 Å². The van der Waals surface area contributed by atoms with Crippen molar-refractivity contribution in [1.82, 2.24) is 15.5 Å². The Hall–Kier alpha value is -2.21. The molecule has 0 unspecified atom stereocenters. The van der Waals surface area contributed by atoms with Crippen LogP contribution in [0.5, 0.6) is 0 Å². The molecule has 0 aliphatic rings. The highest BCUT2D eigenvalue weighted by Gasteiger charge is 2.10. The minimum Gasteiger partial charge on any atom is -0.361 e. The van der Waals surface area contributed by atoms with Gasteiger partial charge in [0.05, 0.1) is 11.4 Å². The Morgan fingerprint density at radius 2 is 2.17 bits per heavy atom. The summed E-state index contributed by atoms with van der Waals surface area (Å²) >= 11 is 1.58. The molecule has 5 nitrogen and oxygen atoms in total.